The molecule has 0 saturated heterocycles. The van der Waals surface area contributed by atoms with E-state index in [9.17, 15) is 13.2 Å². The fraction of sp³-hybridized carbons (Fsp3) is 0.0952. The molecular weight excluding hydrogens is 392 g/mol. The summed E-state index contributed by atoms with van der Waals surface area (Å²) in [5.74, 6) is 0.715. The van der Waals surface area contributed by atoms with Crippen molar-refractivity contribution in [3.63, 3.8) is 0 Å². The molecule has 0 fully saturated rings. The van der Waals surface area contributed by atoms with Crippen molar-refractivity contribution >= 4 is 27.3 Å². The summed E-state index contributed by atoms with van der Waals surface area (Å²) in [6.45, 7) is 0. The second-order valence-corrected chi connectivity index (χ2v) is 8.16. The lowest BCUT2D eigenvalue weighted by Crippen LogP contribution is -2.16. The molecule has 1 aliphatic rings. The molecule has 1 amide bonds. The number of nitrogens with one attached hydrogen (secondary N) is 2. The highest BCUT2D eigenvalue weighted by Gasteiger charge is 2.22. The Balaban J connectivity index is 1.59. The molecule has 4 rings (SSSR count). The van der Waals surface area contributed by atoms with E-state index in [1.165, 1.54) is 13.2 Å². The van der Waals surface area contributed by atoms with Crippen molar-refractivity contribution < 1.29 is 22.7 Å². The maximum atomic E-state index is 12.6. The van der Waals surface area contributed by atoms with Crippen LogP contribution in [0.15, 0.2) is 66.7 Å². The first-order valence-electron chi connectivity index (χ1n) is 8.80. The summed E-state index contributed by atoms with van der Waals surface area (Å²) >= 11 is 0. The SMILES string of the molecule is COc1ccccc1CS(=O)(=O)Nc1ccc2c(c1)C(=O)Nc1ccccc1O2. The molecule has 8 heteroatoms. The normalized spacial score (nSPS) is 12.7. The lowest BCUT2D eigenvalue weighted by molar-refractivity contribution is 0.102. The average Bonchev–Trinajstić information content (AvgIpc) is 2.83. The Labute approximate surface area is 168 Å². The number of carbonyl (C=O) groups is 1. The van der Waals surface area contributed by atoms with E-state index >= 15 is 0 Å². The number of para-hydroxylation sites is 3. The van der Waals surface area contributed by atoms with Crippen molar-refractivity contribution in [2.24, 2.45) is 0 Å². The van der Waals surface area contributed by atoms with E-state index in [-0.39, 0.29) is 22.9 Å². The molecular formula is C21H18N2O5S. The number of hydrogen-bond donors (Lipinski definition) is 2. The Morgan fingerprint density at radius 1 is 1.00 bits per heavy atom. The molecule has 29 heavy (non-hydrogen) atoms. The van der Waals surface area contributed by atoms with Crippen LogP contribution in [0.3, 0.4) is 0 Å². The summed E-state index contributed by atoms with van der Waals surface area (Å²) < 4.78 is 38.8. The zero-order valence-corrected chi connectivity index (χ0v) is 16.3. The van der Waals surface area contributed by atoms with E-state index in [0.717, 1.165) is 0 Å². The van der Waals surface area contributed by atoms with Crippen LogP contribution in [-0.4, -0.2) is 21.4 Å². The topological polar surface area (TPSA) is 93.7 Å². The molecule has 0 atom stereocenters. The molecule has 3 aromatic carbocycles. The molecule has 0 saturated carbocycles. The van der Waals surface area contributed by atoms with Gasteiger partial charge in [0.25, 0.3) is 5.91 Å². The number of rotatable bonds is 5. The van der Waals surface area contributed by atoms with Gasteiger partial charge in [-0.05, 0) is 36.4 Å². The fourth-order valence-electron chi connectivity index (χ4n) is 3.07. The van der Waals surface area contributed by atoms with Crippen molar-refractivity contribution in [3.8, 4) is 17.2 Å². The summed E-state index contributed by atoms with van der Waals surface area (Å²) in [5.41, 5.74) is 1.59. The zero-order valence-electron chi connectivity index (χ0n) is 15.5. The van der Waals surface area contributed by atoms with Gasteiger partial charge in [0.15, 0.2) is 5.75 Å². The third-order valence-corrected chi connectivity index (χ3v) is 5.63. The highest BCUT2D eigenvalue weighted by atomic mass is 32.2. The highest BCUT2D eigenvalue weighted by Crippen LogP contribution is 2.36. The number of anilines is 2. The first-order valence-corrected chi connectivity index (χ1v) is 10.4. The van der Waals surface area contributed by atoms with Crippen LogP contribution in [-0.2, 0) is 15.8 Å². The number of fused-ring (bicyclic) bond motifs is 2. The lowest BCUT2D eigenvalue weighted by Gasteiger charge is -2.12. The summed E-state index contributed by atoms with van der Waals surface area (Å²) in [6, 6.07) is 18.5. The number of carbonyl (C=O) groups excluding carboxylic acids is 1. The number of methoxy groups -OCH3 is 1. The predicted molar refractivity (Wildman–Crippen MR) is 110 cm³/mol. The molecule has 2 N–H and O–H groups in total. The van der Waals surface area contributed by atoms with Crippen molar-refractivity contribution in [1.29, 1.82) is 0 Å². The van der Waals surface area contributed by atoms with Gasteiger partial charge in [0, 0.05) is 11.3 Å². The van der Waals surface area contributed by atoms with Gasteiger partial charge in [-0.2, -0.15) is 0 Å². The largest absolute Gasteiger partial charge is 0.496 e. The minimum atomic E-state index is -3.73. The van der Waals surface area contributed by atoms with Gasteiger partial charge >= 0.3 is 0 Å². The highest BCUT2D eigenvalue weighted by molar-refractivity contribution is 7.91. The minimum Gasteiger partial charge on any atom is -0.496 e. The predicted octanol–water partition coefficient (Wildman–Crippen LogP) is 4.00. The Bertz CT molecular complexity index is 1190. The van der Waals surface area contributed by atoms with Gasteiger partial charge in [-0.1, -0.05) is 30.3 Å². The van der Waals surface area contributed by atoms with Crippen LogP contribution in [0, 0.1) is 0 Å². The number of amides is 1. The van der Waals surface area contributed by atoms with Gasteiger partial charge in [0.05, 0.1) is 24.1 Å². The van der Waals surface area contributed by atoms with Gasteiger partial charge in [0.1, 0.15) is 11.5 Å². The molecule has 0 spiro atoms. The van der Waals surface area contributed by atoms with E-state index in [1.54, 1.807) is 60.7 Å². The van der Waals surface area contributed by atoms with E-state index in [0.29, 0.717) is 28.5 Å². The van der Waals surface area contributed by atoms with Crippen molar-refractivity contribution in [3.05, 3.63) is 77.9 Å². The monoisotopic (exact) mass is 410 g/mol. The molecule has 148 valence electrons. The molecule has 0 bridgehead atoms. The van der Waals surface area contributed by atoms with Crippen molar-refractivity contribution in [2.75, 3.05) is 17.1 Å². The van der Waals surface area contributed by atoms with Crippen LogP contribution in [0.4, 0.5) is 11.4 Å². The summed E-state index contributed by atoms with van der Waals surface area (Å²) in [4.78, 5) is 12.6. The standard InChI is InChI=1S/C21H18N2O5S/c1-27-18-8-4-2-6-14(18)13-29(25,26)23-15-10-11-19-16(12-15)21(24)22-17-7-3-5-9-20(17)28-19/h2-12,23H,13H2,1H3,(H,22,24). The summed E-state index contributed by atoms with van der Waals surface area (Å²) in [5, 5.41) is 2.77. The maximum Gasteiger partial charge on any atom is 0.259 e. The molecule has 3 aromatic rings. The van der Waals surface area contributed by atoms with Crippen LogP contribution >= 0.6 is 0 Å². The summed E-state index contributed by atoms with van der Waals surface area (Å²) in [6.07, 6.45) is 0. The van der Waals surface area contributed by atoms with Gasteiger partial charge in [-0.3, -0.25) is 9.52 Å². The van der Waals surface area contributed by atoms with Crippen LogP contribution in [0.25, 0.3) is 0 Å². The smallest absolute Gasteiger partial charge is 0.259 e. The second kappa shape index (κ2) is 7.48. The maximum absolute atomic E-state index is 12.6. The second-order valence-electron chi connectivity index (χ2n) is 6.44. The first-order chi connectivity index (χ1) is 13.9. The minimum absolute atomic E-state index is 0.235. The molecule has 7 nitrogen and oxygen atoms in total. The van der Waals surface area contributed by atoms with Crippen LogP contribution in [0.5, 0.6) is 17.2 Å². The fourth-order valence-corrected chi connectivity index (χ4v) is 4.28. The van der Waals surface area contributed by atoms with Crippen molar-refractivity contribution in [2.45, 2.75) is 5.75 Å². The molecule has 1 heterocycles. The van der Waals surface area contributed by atoms with Gasteiger partial charge < -0.3 is 14.8 Å². The van der Waals surface area contributed by atoms with Gasteiger partial charge in [0.2, 0.25) is 10.0 Å². The Hall–Kier alpha value is -3.52. The number of sulfonamides is 1. The molecule has 0 aromatic heterocycles. The van der Waals surface area contributed by atoms with E-state index in [1.807, 2.05) is 0 Å². The first kappa shape index (κ1) is 18.8. The van der Waals surface area contributed by atoms with E-state index < -0.39 is 10.0 Å². The average molecular weight is 410 g/mol. The Morgan fingerprint density at radius 3 is 2.59 bits per heavy atom. The van der Waals surface area contributed by atoms with E-state index in [4.69, 9.17) is 9.47 Å². The number of benzene rings is 3. The molecule has 0 unspecified atom stereocenters. The summed E-state index contributed by atoms with van der Waals surface area (Å²) in [7, 11) is -2.24. The number of ether oxygens (including phenoxy) is 2. The Morgan fingerprint density at radius 2 is 1.76 bits per heavy atom. The quantitative estimate of drug-likeness (QED) is 0.663. The number of hydrogen-bond acceptors (Lipinski definition) is 5. The Kier molecular flexibility index (Phi) is 4.85. The van der Waals surface area contributed by atoms with E-state index in [2.05, 4.69) is 10.0 Å². The van der Waals surface area contributed by atoms with Crippen LogP contribution in [0.2, 0.25) is 0 Å². The third kappa shape index (κ3) is 4.02. The molecule has 0 aliphatic carbocycles. The third-order valence-electron chi connectivity index (χ3n) is 4.39. The van der Waals surface area contributed by atoms with Gasteiger partial charge in [-0.15, -0.1) is 0 Å². The molecule has 0 radical (unpaired) electrons. The molecule has 1 aliphatic heterocycles. The lowest BCUT2D eigenvalue weighted by atomic mass is 10.1. The van der Waals surface area contributed by atoms with Crippen LogP contribution < -0.4 is 19.5 Å². The van der Waals surface area contributed by atoms with Crippen LogP contribution in [0.1, 0.15) is 15.9 Å². The van der Waals surface area contributed by atoms with Gasteiger partial charge in [-0.25, -0.2) is 8.42 Å². The van der Waals surface area contributed by atoms with Crippen molar-refractivity contribution in [1.82, 2.24) is 0 Å². The zero-order chi connectivity index (χ0) is 20.4.